The zero-order valence-electron chi connectivity index (χ0n) is 18.0. The van der Waals surface area contributed by atoms with E-state index in [1.165, 1.54) is 6.33 Å². The fourth-order valence-electron chi connectivity index (χ4n) is 3.99. The molecule has 2 fully saturated rings. The van der Waals surface area contributed by atoms with Crippen molar-refractivity contribution in [3.8, 4) is 0 Å². The van der Waals surface area contributed by atoms with E-state index in [1.54, 1.807) is 18.0 Å². The molecule has 170 valence electrons. The van der Waals surface area contributed by atoms with Crippen LogP contribution < -0.4 is 14.7 Å². The van der Waals surface area contributed by atoms with Crippen LogP contribution in [0.4, 0.5) is 27.9 Å². The first kappa shape index (κ1) is 21.5. The van der Waals surface area contributed by atoms with E-state index in [9.17, 15) is 14.9 Å². The molecule has 0 unspecified atom stereocenters. The van der Waals surface area contributed by atoms with Crippen LogP contribution in [0.2, 0.25) is 0 Å². The van der Waals surface area contributed by atoms with Crippen molar-refractivity contribution in [1.29, 1.82) is 0 Å². The Hall–Kier alpha value is -3.70. The van der Waals surface area contributed by atoms with Gasteiger partial charge in [-0.2, -0.15) is 0 Å². The fourth-order valence-corrected chi connectivity index (χ4v) is 3.99. The van der Waals surface area contributed by atoms with Crippen molar-refractivity contribution < 1.29 is 14.5 Å². The van der Waals surface area contributed by atoms with Gasteiger partial charge < -0.3 is 24.3 Å². The molecule has 0 aliphatic carbocycles. The molecule has 2 aliphatic rings. The lowest BCUT2D eigenvalue weighted by molar-refractivity contribution is -0.383. The molecule has 4 rings (SSSR count). The van der Waals surface area contributed by atoms with Gasteiger partial charge in [0, 0.05) is 58.6 Å². The van der Waals surface area contributed by atoms with E-state index in [0.717, 1.165) is 5.82 Å². The number of anilines is 3. The number of rotatable bonds is 5. The molecule has 0 N–H and O–H groups in total. The van der Waals surface area contributed by atoms with E-state index in [4.69, 9.17) is 4.74 Å². The first-order valence-corrected chi connectivity index (χ1v) is 10.7. The standard InChI is InChI=1S/C20H26N8O4/c1-2-32-20(29)27-13-11-26(12-14-27)19-17(28(30)31)18(22-15-23-19)25-9-7-24(8-10-25)16-5-3-4-6-21-16/h3-6,15H,2,7-14H2,1H3. The first-order chi connectivity index (χ1) is 15.6. The highest BCUT2D eigenvalue weighted by molar-refractivity contribution is 5.72. The molecule has 0 aromatic carbocycles. The number of carbonyl (C=O) groups excluding carboxylic acids is 1. The Morgan fingerprint density at radius 3 is 2.09 bits per heavy atom. The summed E-state index contributed by atoms with van der Waals surface area (Å²) >= 11 is 0. The third-order valence-corrected chi connectivity index (χ3v) is 5.62. The minimum Gasteiger partial charge on any atom is -0.450 e. The maximum Gasteiger partial charge on any atom is 0.409 e. The van der Waals surface area contributed by atoms with Crippen molar-refractivity contribution >= 4 is 29.2 Å². The van der Waals surface area contributed by atoms with Gasteiger partial charge in [-0.25, -0.2) is 19.7 Å². The summed E-state index contributed by atoms with van der Waals surface area (Å²) in [5, 5.41) is 12.0. The Bertz CT molecular complexity index is 944. The van der Waals surface area contributed by atoms with Gasteiger partial charge in [0.25, 0.3) is 0 Å². The molecule has 12 heteroatoms. The maximum atomic E-state index is 12.0. The van der Waals surface area contributed by atoms with E-state index >= 15 is 0 Å². The fraction of sp³-hybridized carbons (Fsp3) is 0.500. The largest absolute Gasteiger partial charge is 0.450 e. The topological polar surface area (TPSA) is 121 Å². The smallest absolute Gasteiger partial charge is 0.409 e. The first-order valence-electron chi connectivity index (χ1n) is 10.7. The second-order valence-corrected chi connectivity index (χ2v) is 7.46. The van der Waals surface area contributed by atoms with Gasteiger partial charge in [0.1, 0.15) is 12.1 Å². The lowest BCUT2D eigenvalue weighted by Crippen LogP contribution is -2.49. The van der Waals surface area contributed by atoms with Crippen molar-refractivity contribution in [2.75, 3.05) is 73.7 Å². The molecular formula is C20H26N8O4. The Kier molecular flexibility index (Phi) is 6.47. The molecule has 2 aromatic rings. The molecule has 0 atom stereocenters. The van der Waals surface area contributed by atoms with Crippen LogP contribution in [-0.2, 0) is 4.74 Å². The zero-order valence-corrected chi connectivity index (χ0v) is 18.0. The number of aromatic nitrogens is 3. The predicted octanol–water partition coefficient (Wildman–Crippen LogP) is 1.38. The average molecular weight is 442 g/mol. The molecule has 0 bridgehead atoms. The van der Waals surface area contributed by atoms with Crippen LogP contribution in [0, 0.1) is 10.1 Å². The minimum atomic E-state index is -0.409. The minimum absolute atomic E-state index is 0.0941. The van der Waals surface area contributed by atoms with Gasteiger partial charge in [0.2, 0.25) is 11.6 Å². The maximum absolute atomic E-state index is 12.0. The Balaban J connectivity index is 1.49. The Labute approximate surface area is 185 Å². The number of ether oxygens (including phenoxy) is 1. The second kappa shape index (κ2) is 9.62. The number of amides is 1. The van der Waals surface area contributed by atoms with Gasteiger partial charge in [-0.1, -0.05) is 6.07 Å². The summed E-state index contributed by atoms with van der Waals surface area (Å²) in [6, 6.07) is 5.77. The molecule has 2 aromatic heterocycles. The summed E-state index contributed by atoms with van der Waals surface area (Å²) < 4.78 is 5.04. The SMILES string of the molecule is CCOC(=O)N1CCN(c2ncnc(N3CCN(c4ccccn4)CC3)c2[N+](=O)[O-])CC1. The monoisotopic (exact) mass is 442 g/mol. The highest BCUT2D eigenvalue weighted by Gasteiger charge is 2.33. The van der Waals surface area contributed by atoms with Gasteiger partial charge in [-0.3, -0.25) is 10.1 Å². The highest BCUT2D eigenvalue weighted by atomic mass is 16.6. The summed E-state index contributed by atoms with van der Waals surface area (Å²) in [5.74, 6) is 1.51. The third-order valence-electron chi connectivity index (χ3n) is 5.62. The number of hydrogen-bond acceptors (Lipinski definition) is 10. The molecule has 0 saturated carbocycles. The van der Waals surface area contributed by atoms with E-state index in [-0.39, 0.29) is 17.6 Å². The van der Waals surface area contributed by atoms with Crippen LogP contribution >= 0.6 is 0 Å². The predicted molar refractivity (Wildman–Crippen MR) is 118 cm³/mol. The number of piperazine rings is 2. The van der Waals surface area contributed by atoms with Crippen LogP contribution in [0.15, 0.2) is 30.7 Å². The Morgan fingerprint density at radius 1 is 0.969 bits per heavy atom. The van der Waals surface area contributed by atoms with Gasteiger partial charge >= 0.3 is 11.8 Å². The van der Waals surface area contributed by atoms with Crippen LogP contribution in [0.5, 0.6) is 0 Å². The van der Waals surface area contributed by atoms with E-state index in [0.29, 0.717) is 64.8 Å². The number of nitrogens with zero attached hydrogens (tertiary/aromatic N) is 8. The summed E-state index contributed by atoms with van der Waals surface area (Å²) in [6.07, 6.45) is 2.77. The van der Waals surface area contributed by atoms with Gasteiger partial charge in [-0.15, -0.1) is 0 Å². The van der Waals surface area contributed by atoms with Crippen molar-refractivity contribution in [2.45, 2.75) is 6.92 Å². The van der Waals surface area contributed by atoms with Crippen molar-refractivity contribution in [3.05, 3.63) is 40.8 Å². The lowest BCUT2D eigenvalue weighted by atomic mass is 10.2. The van der Waals surface area contributed by atoms with Crippen LogP contribution in [0.25, 0.3) is 0 Å². The lowest BCUT2D eigenvalue weighted by Gasteiger charge is -2.37. The summed E-state index contributed by atoms with van der Waals surface area (Å²) in [7, 11) is 0. The molecule has 4 heterocycles. The van der Waals surface area contributed by atoms with E-state index in [1.807, 2.05) is 28.0 Å². The molecule has 0 spiro atoms. The quantitative estimate of drug-likeness (QED) is 0.496. The molecular weight excluding hydrogens is 416 g/mol. The molecule has 32 heavy (non-hydrogen) atoms. The summed E-state index contributed by atoms with van der Waals surface area (Å²) in [6.45, 7) is 6.32. The number of hydrogen-bond donors (Lipinski definition) is 0. The summed E-state index contributed by atoms with van der Waals surface area (Å²) in [5.41, 5.74) is -0.0941. The van der Waals surface area contributed by atoms with Crippen molar-refractivity contribution in [2.24, 2.45) is 0 Å². The van der Waals surface area contributed by atoms with Crippen molar-refractivity contribution in [1.82, 2.24) is 19.9 Å². The van der Waals surface area contributed by atoms with Crippen LogP contribution in [0.3, 0.4) is 0 Å². The third kappa shape index (κ3) is 4.48. The number of pyridine rings is 1. The van der Waals surface area contributed by atoms with Crippen LogP contribution in [0.1, 0.15) is 6.92 Å². The molecule has 12 nitrogen and oxygen atoms in total. The molecule has 1 amide bonds. The van der Waals surface area contributed by atoms with Crippen LogP contribution in [-0.4, -0.2) is 89.8 Å². The van der Waals surface area contributed by atoms with Crippen molar-refractivity contribution in [3.63, 3.8) is 0 Å². The second-order valence-electron chi connectivity index (χ2n) is 7.46. The molecule has 2 aliphatic heterocycles. The normalized spacial score (nSPS) is 16.8. The van der Waals surface area contributed by atoms with Gasteiger partial charge in [-0.05, 0) is 19.1 Å². The molecule has 0 radical (unpaired) electrons. The highest BCUT2D eigenvalue weighted by Crippen LogP contribution is 2.35. The van der Waals surface area contributed by atoms with Gasteiger partial charge in [0.15, 0.2) is 0 Å². The average Bonchev–Trinajstić information content (AvgIpc) is 2.84. The number of carbonyl (C=O) groups is 1. The number of nitro groups is 1. The molecule has 2 saturated heterocycles. The van der Waals surface area contributed by atoms with Gasteiger partial charge in [0.05, 0.1) is 11.5 Å². The zero-order chi connectivity index (χ0) is 22.5. The Morgan fingerprint density at radius 2 is 1.56 bits per heavy atom. The van der Waals surface area contributed by atoms with E-state index in [2.05, 4.69) is 19.9 Å². The van der Waals surface area contributed by atoms with E-state index < -0.39 is 4.92 Å². The summed E-state index contributed by atoms with van der Waals surface area (Å²) in [4.78, 5) is 44.0.